The molecule has 1 aromatic rings. The van der Waals surface area contributed by atoms with Gasteiger partial charge in [-0.1, -0.05) is 6.08 Å². The van der Waals surface area contributed by atoms with E-state index in [0.717, 1.165) is 37.3 Å². The molecule has 0 aromatic carbocycles. The van der Waals surface area contributed by atoms with Gasteiger partial charge in [-0.05, 0) is 38.6 Å². The zero-order chi connectivity index (χ0) is 11.1. The van der Waals surface area contributed by atoms with Crippen molar-refractivity contribution in [1.29, 1.82) is 0 Å². The van der Waals surface area contributed by atoms with Crippen LogP contribution >= 0.6 is 0 Å². The fourth-order valence-corrected chi connectivity index (χ4v) is 1.42. The van der Waals surface area contributed by atoms with Crippen LogP contribution in [0, 0.1) is 0 Å². The number of nitrogens with two attached hydrogens (primary N) is 1. The van der Waals surface area contributed by atoms with Gasteiger partial charge >= 0.3 is 0 Å². The van der Waals surface area contributed by atoms with Gasteiger partial charge in [-0.3, -0.25) is 4.98 Å². The first-order chi connectivity index (χ1) is 7.24. The predicted molar refractivity (Wildman–Crippen MR) is 64.4 cm³/mol. The van der Waals surface area contributed by atoms with Crippen molar-refractivity contribution in [2.24, 2.45) is 0 Å². The second kappa shape index (κ2) is 6.19. The SMILES string of the molecule is C=CCCCN(C)Cc1ncccc1N. The van der Waals surface area contributed by atoms with Crippen LogP contribution in [0.5, 0.6) is 0 Å². The molecule has 0 radical (unpaired) electrons. The maximum Gasteiger partial charge on any atom is 0.0772 e. The lowest BCUT2D eigenvalue weighted by atomic mass is 10.2. The minimum atomic E-state index is 0.771. The van der Waals surface area contributed by atoms with Crippen molar-refractivity contribution in [3.8, 4) is 0 Å². The van der Waals surface area contributed by atoms with E-state index in [1.165, 1.54) is 0 Å². The molecule has 3 nitrogen and oxygen atoms in total. The Bertz CT molecular complexity index is 309. The van der Waals surface area contributed by atoms with Crippen molar-refractivity contribution in [3.63, 3.8) is 0 Å². The molecule has 0 spiro atoms. The number of allylic oxidation sites excluding steroid dienone is 1. The summed E-state index contributed by atoms with van der Waals surface area (Å²) in [4.78, 5) is 6.48. The first kappa shape index (κ1) is 11.7. The van der Waals surface area contributed by atoms with Crippen LogP contribution in [0.3, 0.4) is 0 Å². The Hall–Kier alpha value is -1.35. The van der Waals surface area contributed by atoms with Gasteiger partial charge in [-0.15, -0.1) is 6.58 Å². The van der Waals surface area contributed by atoms with E-state index in [1.807, 2.05) is 18.2 Å². The Labute approximate surface area is 91.6 Å². The summed E-state index contributed by atoms with van der Waals surface area (Å²) in [5.74, 6) is 0. The Balaban J connectivity index is 2.40. The molecule has 3 heteroatoms. The molecule has 0 fully saturated rings. The molecule has 0 bridgehead atoms. The van der Waals surface area contributed by atoms with E-state index in [9.17, 15) is 0 Å². The number of nitrogen functional groups attached to an aromatic ring is 1. The molecule has 0 saturated heterocycles. The fraction of sp³-hybridized carbons (Fsp3) is 0.417. The third-order valence-corrected chi connectivity index (χ3v) is 2.29. The van der Waals surface area contributed by atoms with E-state index in [-0.39, 0.29) is 0 Å². The molecule has 1 heterocycles. The van der Waals surface area contributed by atoms with E-state index >= 15 is 0 Å². The number of unbranched alkanes of at least 4 members (excludes halogenated alkanes) is 1. The van der Waals surface area contributed by atoms with Crippen molar-refractivity contribution in [2.75, 3.05) is 19.3 Å². The number of pyridine rings is 1. The van der Waals surface area contributed by atoms with Gasteiger partial charge in [0.25, 0.3) is 0 Å². The molecule has 0 amide bonds. The lowest BCUT2D eigenvalue weighted by Gasteiger charge is -2.16. The molecule has 0 atom stereocenters. The summed E-state index contributed by atoms with van der Waals surface area (Å²) >= 11 is 0. The van der Waals surface area contributed by atoms with Crippen molar-refractivity contribution in [1.82, 2.24) is 9.88 Å². The summed E-state index contributed by atoms with van der Waals surface area (Å²) in [5.41, 5.74) is 7.55. The summed E-state index contributed by atoms with van der Waals surface area (Å²) in [6, 6.07) is 3.75. The number of rotatable bonds is 6. The minimum Gasteiger partial charge on any atom is -0.397 e. The van der Waals surface area contributed by atoms with Crippen molar-refractivity contribution < 1.29 is 0 Å². The van der Waals surface area contributed by atoms with Gasteiger partial charge in [-0.2, -0.15) is 0 Å². The quantitative estimate of drug-likeness (QED) is 0.571. The van der Waals surface area contributed by atoms with Crippen molar-refractivity contribution in [3.05, 3.63) is 36.7 Å². The third kappa shape index (κ3) is 4.13. The zero-order valence-corrected chi connectivity index (χ0v) is 9.32. The molecule has 0 aliphatic rings. The minimum absolute atomic E-state index is 0.771. The number of anilines is 1. The summed E-state index contributed by atoms with van der Waals surface area (Å²) in [5, 5.41) is 0. The van der Waals surface area contributed by atoms with Gasteiger partial charge in [0.1, 0.15) is 0 Å². The summed E-state index contributed by atoms with van der Waals surface area (Å²) < 4.78 is 0. The monoisotopic (exact) mass is 205 g/mol. The first-order valence-electron chi connectivity index (χ1n) is 5.23. The number of hydrogen-bond donors (Lipinski definition) is 1. The standard InChI is InChI=1S/C12H19N3/c1-3-4-5-9-15(2)10-12-11(13)7-6-8-14-12/h3,6-8H,1,4-5,9-10,13H2,2H3. The molecule has 0 aliphatic heterocycles. The molecular formula is C12H19N3. The number of nitrogens with zero attached hydrogens (tertiary/aromatic N) is 2. The maximum atomic E-state index is 5.82. The zero-order valence-electron chi connectivity index (χ0n) is 9.32. The first-order valence-corrected chi connectivity index (χ1v) is 5.23. The van der Waals surface area contributed by atoms with Crippen LogP contribution in [0.25, 0.3) is 0 Å². The van der Waals surface area contributed by atoms with Crippen LogP contribution in [0.15, 0.2) is 31.0 Å². The summed E-state index contributed by atoms with van der Waals surface area (Å²) in [6.07, 6.45) is 5.92. The molecule has 0 unspecified atom stereocenters. The van der Waals surface area contributed by atoms with Gasteiger partial charge in [0, 0.05) is 12.7 Å². The molecular weight excluding hydrogens is 186 g/mol. The van der Waals surface area contributed by atoms with E-state index < -0.39 is 0 Å². The number of aromatic nitrogens is 1. The second-order valence-electron chi connectivity index (χ2n) is 3.71. The molecule has 2 N–H and O–H groups in total. The average Bonchev–Trinajstić information content (AvgIpc) is 2.22. The average molecular weight is 205 g/mol. The molecule has 0 aliphatic carbocycles. The molecule has 1 rings (SSSR count). The van der Waals surface area contributed by atoms with E-state index in [2.05, 4.69) is 23.5 Å². The lowest BCUT2D eigenvalue weighted by Crippen LogP contribution is -2.20. The van der Waals surface area contributed by atoms with Gasteiger partial charge < -0.3 is 10.6 Å². The van der Waals surface area contributed by atoms with Crippen LogP contribution < -0.4 is 5.73 Å². The van der Waals surface area contributed by atoms with Crippen LogP contribution in [-0.4, -0.2) is 23.5 Å². The van der Waals surface area contributed by atoms with Crippen LogP contribution in [-0.2, 0) is 6.54 Å². The van der Waals surface area contributed by atoms with Gasteiger partial charge in [0.2, 0.25) is 0 Å². The highest BCUT2D eigenvalue weighted by molar-refractivity contribution is 5.41. The summed E-state index contributed by atoms with van der Waals surface area (Å²) in [7, 11) is 2.08. The van der Waals surface area contributed by atoms with Crippen molar-refractivity contribution in [2.45, 2.75) is 19.4 Å². The second-order valence-corrected chi connectivity index (χ2v) is 3.71. The topological polar surface area (TPSA) is 42.2 Å². The van der Waals surface area contributed by atoms with Gasteiger partial charge in [0.15, 0.2) is 0 Å². The van der Waals surface area contributed by atoms with Crippen LogP contribution in [0.2, 0.25) is 0 Å². The van der Waals surface area contributed by atoms with Crippen molar-refractivity contribution >= 4 is 5.69 Å². The largest absolute Gasteiger partial charge is 0.397 e. The lowest BCUT2D eigenvalue weighted by molar-refractivity contribution is 0.320. The fourth-order valence-electron chi connectivity index (χ4n) is 1.42. The van der Waals surface area contributed by atoms with Gasteiger partial charge in [-0.25, -0.2) is 0 Å². The Morgan fingerprint density at radius 2 is 2.40 bits per heavy atom. The third-order valence-electron chi connectivity index (χ3n) is 2.29. The maximum absolute atomic E-state index is 5.82. The molecule has 15 heavy (non-hydrogen) atoms. The predicted octanol–water partition coefficient (Wildman–Crippen LogP) is 2.06. The highest BCUT2D eigenvalue weighted by Crippen LogP contribution is 2.09. The van der Waals surface area contributed by atoms with Crippen LogP contribution in [0.1, 0.15) is 18.5 Å². The van der Waals surface area contributed by atoms with Crippen LogP contribution in [0.4, 0.5) is 5.69 Å². The Morgan fingerprint density at radius 1 is 1.60 bits per heavy atom. The highest BCUT2D eigenvalue weighted by atomic mass is 15.1. The number of hydrogen-bond acceptors (Lipinski definition) is 3. The molecule has 82 valence electrons. The normalized spacial score (nSPS) is 10.5. The van der Waals surface area contributed by atoms with E-state index in [1.54, 1.807) is 6.20 Å². The Morgan fingerprint density at radius 3 is 3.07 bits per heavy atom. The van der Waals surface area contributed by atoms with E-state index in [4.69, 9.17) is 5.73 Å². The highest BCUT2D eigenvalue weighted by Gasteiger charge is 2.03. The molecule has 1 aromatic heterocycles. The smallest absolute Gasteiger partial charge is 0.0772 e. The molecule has 0 saturated carbocycles. The van der Waals surface area contributed by atoms with E-state index in [0.29, 0.717) is 0 Å². The summed E-state index contributed by atoms with van der Waals surface area (Å²) in [6.45, 7) is 5.56. The Kier molecular flexibility index (Phi) is 4.84. The van der Waals surface area contributed by atoms with Gasteiger partial charge in [0.05, 0.1) is 11.4 Å².